The van der Waals surface area contributed by atoms with Crippen molar-refractivity contribution in [3.8, 4) is 5.75 Å². The van der Waals surface area contributed by atoms with Crippen LogP contribution in [0.2, 0.25) is 0 Å². The van der Waals surface area contributed by atoms with Gasteiger partial charge in [-0.25, -0.2) is 0 Å². The Labute approximate surface area is 126 Å². The zero-order valence-electron chi connectivity index (χ0n) is 12.3. The highest BCUT2D eigenvalue weighted by Gasteiger charge is 2.25. The Kier molecular flexibility index (Phi) is 7.47. The van der Waals surface area contributed by atoms with Crippen LogP contribution in [0.4, 0.5) is 0 Å². The van der Waals surface area contributed by atoms with Crippen LogP contribution in [-0.2, 0) is 0 Å². The Morgan fingerprint density at radius 2 is 1.95 bits per heavy atom. The van der Waals surface area contributed by atoms with Crippen molar-refractivity contribution >= 4 is 15.9 Å². The zero-order valence-corrected chi connectivity index (χ0v) is 13.9. The molecule has 0 atom stereocenters. The molecule has 0 aliphatic heterocycles. The van der Waals surface area contributed by atoms with Gasteiger partial charge in [0.05, 0.1) is 6.61 Å². The van der Waals surface area contributed by atoms with Crippen LogP contribution >= 0.6 is 15.9 Å². The lowest BCUT2D eigenvalue weighted by Crippen LogP contribution is -2.34. The van der Waals surface area contributed by atoms with Crippen molar-refractivity contribution in [1.82, 2.24) is 5.32 Å². The molecule has 0 aliphatic carbocycles. The zero-order chi connectivity index (χ0) is 14.1. The van der Waals surface area contributed by atoms with Crippen molar-refractivity contribution in [1.29, 1.82) is 0 Å². The van der Waals surface area contributed by atoms with Gasteiger partial charge in [-0.2, -0.15) is 0 Å². The molecule has 0 spiro atoms. The predicted octanol–water partition coefficient (Wildman–Crippen LogP) is 4.63. The van der Waals surface area contributed by atoms with Gasteiger partial charge in [0, 0.05) is 11.0 Å². The quantitative estimate of drug-likeness (QED) is 0.713. The minimum absolute atomic E-state index is 0.363. The fourth-order valence-electron chi connectivity index (χ4n) is 2.27. The molecule has 0 amide bonds. The summed E-state index contributed by atoms with van der Waals surface area (Å²) in [6.07, 6.45) is 3.48. The molecule has 0 fully saturated rings. The molecular formula is C16H26BrNO. The third kappa shape index (κ3) is 5.53. The van der Waals surface area contributed by atoms with E-state index < -0.39 is 0 Å². The van der Waals surface area contributed by atoms with E-state index in [2.05, 4.69) is 42.0 Å². The van der Waals surface area contributed by atoms with E-state index in [0.29, 0.717) is 5.41 Å². The van der Waals surface area contributed by atoms with E-state index in [0.717, 1.165) is 36.3 Å². The van der Waals surface area contributed by atoms with E-state index in [1.807, 2.05) is 24.3 Å². The third-order valence-corrected chi connectivity index (χ3v) is 4.44. The van der Waals surface area contributed by atoms with Gasteiger partial charge in [-0.1, -0.05) is 42.8 Å². The van der Waals surface area contributed by atoms with Crippen LogP contribution < -0.4 is 10.1 Å². The molecule has 1 aromatic rings. The maximum atomic E-state index is 5.87. The second-order valence-electron chi connectivity index (χ2n) is 5.04. The third-order valence-electron chi connectivity index (χ3n) is 3.95. The molecule has 19 heavy (non-hydrogen) atoms. The minimum Gasteiger partial charge on any atom is -0.494 e. The highest BCUT2D eigenvalue weighted by molar-refractivity contribution is 9.10. The van der Waals surface area contributed by atoms with Gasteiger partial charge in [0.25, 0.3) is 0 Å². The Balaban J connectivity index is 2.47. The van der Waals surface area contributed by atoms with E-state index in [1.54, 1.807) is 0 Å². The maximum Gasteiger partial charge on any atom is 0.120 e. The number of nitrogens with one attached hydrogen (secondary N) is 1. The second-order valence-corrected chi connectivity index (χ2v) is 5.96. The molecular weight excluding hydrogens is 302 g/mol. The van der Waals surface area contributed by atoms with Crippen molar-refractivity contribution in [3.05, 3.63) is 28.7 Å². The van der Waals surface area contributed by atoms with Gasteiger partial charge in [0.15, 0.2) is 0 Å². The van der Waals surface area contributed by atoms with E-state index >= 15 is 0 Å². The summed E-state index contributed by atoms with van der Waals surface area (Å²) < 4.78 is 6.93. The van der Waals surface area contributed by atoms with E-state index in [-0.39, 0.29) is 0 Å². The summed E-state index contributed by atoms with van der Waals surface area (Å²) >= 11 is 3.47. The van der Waals surface area contributed by atoms with Crippen molar-refractivity contribution in [3.63, 3.8) is 0 Å². The lowest BCUT2D eigenvalue weighted by atomic mass is 9.79. The highest BCUT2D eigenvalue weighted by Crippen LogP contribution is 2.30. The van der Waals surface area contributed by atoms with Crippen LogP contribution in [0.15, 0.2) is 28.7 Å². The number of ether oxygens (including phenoxy) is 1. The highest BCUT2D eigenvalue weighted by atomic mass is 79.9. The fraction of sp³-hybridized carbons (Fsp3) is 0.625. The normalized spacial score (nSPS) is 11.6. The minimum atomic E-state index is 0.363. The van der Waals surface area contributed by atoms with E-state index in [1.165, 1.54) is 12.8 Å². The number of halogens is 1. The van der Waals surface area contributed by atoms with Crippen LogP contribution in [0.3, 0.4) is 0 Å². The van der Waals surface area contributed by atoms with E-state index in [4.69, 9.17) is 4.74 Å². The van der Waals surface area contributed by atoms with Crippen LogP contribution in [0, 0.1) is 5.41 Å². The molecule has 1 aromatic carbocycles. The lowest BCUT2D eigenvalue weighted by Gasteiger charge is -2.32. The topological polar surface area (TPSA) is 21.3 Å². The summed E-state index contributed by atoms with van der Waals surface area (Å²) in [5.74, 6) is 0.943. The van der Waals surface area contributed by atoms with Crippen LogP contribution in [-0.4, -0.2) is 19.7 Å². The van der Waals surface area contributed by atoms with Gasteiger partial charge in [-0.15, -0.1) is 0 Å². The first-order valence-electron chi connectivity index (χ1n) is 7.25. The standard InChI is InChI=1S/C16H26BrNO/c1-4-16(5-2,13-18-6-3)10-11-19-15-9-7-8-14(17)12-15/h7-9,12,18H,4-6,10-11,13H2,1-3H3. The Morgan fingerprint density at radius 1 is 1.21 bits per heavy atom. The Morgan fingerprint density at radius 3 is 2.53 bits per heavy atom. The molecule has 2 nitrogen and oxygen atoms in total. The van der Waals surface area contributed by atoms with Crippen LogP contribution in [0.1, 0.15) is 40.0 Å². The summed E-state index contributed by atoms with van der Waals surface area (Å²) in [6.45, 7) is 9.62. The molecule has 108 valence electrons. The molecule has 3 heteroatoms. The molecule has 0 unspecified atom stereocenters. The first-order valence-corrected chi connectivity index (χ1v) is 8.04. The SMILES string of the molecule is CCNCC(CC)(CC)CCOc1cccc(Br)c1. The molecule has 1 N–H and O–H groups in total. The summed E-state index contributed by atoms with van der Waals surface area (Å²) in [6, 6.07) is 8.05. The largest absolute Gasteiger partial charge is 0.494 e. The second kappa shape index (κ2) is 8.60. The lowest BCUT2D eigenvalue weighted by molar-refractivity contribution is 0.175. The monoisotopic (exact) mass is 327 g/mol. The molecule has 0 aliphatic rings. The van der Waals surface area contributed by atoms with Gasteiger partial charge >= 0.3 is 0 Å². The average molecular weight is 328 g/mol. The predicted molar refractivity (Wildman–Crippen MR) is 85.8 cm³/mol. The summed E-state index contributed by atoms with van der Waals surface area (Å²) in [5.41, 5.74) is 0.363. The Hall–Kier alpha value is -0.540. The average Bonchev–Trinajstić information content (AvgIpc) is 2.43. The van der Waals surface area contributed by atoms with Crippen molar-refractivity contribution < 1.29 is 4.74 Å². The number of hydrogen-bond donors (Lipinski definition) is 1. The molecule has 0 aromatic heterocycles. The first kappa shape index (κ1) is 16.5. The fourth-order valence-corrected chi connectivity index (χ4v) is 2.65. The molecule has 0 saturated heterocycles. The number of benzene rings is 1. The molecule has 1 rings (SSSR count). The van der Waals surface area contributed by atoms with Gasteiger partial charge < -0.3 is 10.1 Å². The molecule has 0 saturated carbocycles. The maximum absolute atomic E-state index is 5.87. The Bertz CT molecular complexity index is 364. The van der Waals surface area contributed by atoms with Gasteiger partial charge in [0.2, 0.25) is 0 Å². The first-order chi connectivity index (χ1) is 9.15. The van der Waals surface area contributed by atoms with Crippen LogP contribution in [0.25, 0.3) is 0 Å². The summed E-state index contributed by atoms with van der Waals surface area (Å²) in [4.78, 5) is 0. The molecule has 0 heterocycles. The molecule has 0 radical (unpaired) electrons. The van der Waals surface area contributed by atoms with Crippen molar-refractivity contribution in [2.45, 2.75) is 40.0 Å². The van der Waals surface area contributed by atoms with Gasteiger partial charge in [-0.05, 0) is 49.4 Å². The van der Waals surface area contributed by atoms with Crippen LogP contribution in [0.5, 0.6) is 5.75 Å². The van der Waals surface area contributed by atoms with Crippen molar-refractivity contribution in [2.75, 3.05) is 19.7 Å². The smallest absolute Gasteiger partial charge is 0.120 e. The van der Waals surface area contributed by atoms with E-state index in [9.17, 15) is 0 Å². The number of hydrogen-bond acceptors (Lipinski definition) is 2. The number of rotatable bonds is 9. The summed E-state index contributed by atoms with van der Waals surface area (Å²) in [5, 5.41) is 3.49. The van der Waals surface area contributed by atoms with Gasteiger partial charge in [-0.3, -0.25) is 0 Å². The molecule has 0 bridgehead atoms. The van der Waals surface area contributed by atoms with Gasteiger partial charge in [0.1, 0.15) is 5.75 Å². The summed E-state index contributed by atoms with van der Waals surface area (Å²) in [7, 11) is 0. The van der Waals surface area contributed by atoms with Crippen molar-refractivity contribution in [2.24, 2.45) is 5.41 Å².